The van der Waals surface area contributed by atoms with Gasteiger partial charge in [-0.3, -0.25) is 14.3 Å². The second kappa shape index (κ2) is 6.95. The lowest BCUT2D eigenvalue weighted by molar-refractivity contribution is -0.152. The van der Waals surface area contributed by atoms with E-state index in [9.17, 15) is 14.7 Å². The topological polar surface area (TPSA) is 75.4 Å². The fraction of sp³-hybridized carbons (Fsp3) is 0.438. The van der Waals surface area contributed by atoms with Crippen molar-refractivity contribution in [2.24, 2.45) is 5.92 Å². The molecule has 0 bridgehead atoms. The second-order valence-electron chi connectivity index (χ2n) is 5.69. The Morgan fingerprint density at radius 2 is 2.30 bits per heavy atom. The van der Waals surface area contributed by atoms with E-state index in [0.29, 0.717) is 25.9 Å². The van der Waals surface area contributed by atoms with E-state index in [-0.39, 0.29) is 11.9 Å². The number of aryl methyl sites for hydroxylation is 1. The first kappa shape index (κ1) is 15.7. The van der Waals surface area contributed by atoms with Gasteiger partial charge in [-0.25, -0.2) is 0 Å². The van der Waals surface area contributed by atoms with Gasteiger partial charge in [-0.05, 0) is 41.3 Å². The molecule has 1 N–H and O–H groups in total. The quantitative estimate of drug-likeness (QED) is 0.881. The highest BCUT2D eigenvalue weighted by molar-refractivity contribution is 7.08. The van der Waals surface area contributed by atoms with E-state index in [2.05, 4.69) is 5.10 Å². The number of carbonyl (C=O) groups is 2. The van der Waals surface area contributed by atoms with Crippen molar-refractivity contribution in [3.63, 3.8) is 0 Å². The number of amides is 1. The molecule has 0 unspecified atom stereocenters. The van der Waals surface area contributed by atoms with Crippen LogP contribution in [0.15, 0.2) is 35.3 Å². The molecule has 1 fully saturated rings. The Bertz CT molecular complexity index is 654. The lowest BCUT2D eigenvalue weighted by Gasteiger charge is -2.39. The molecule has 0 aliphatic carbocycles. The highest BCUT2D eigenvalue weighted by atomic mass is 32.1. The van der Waals surface area contributed by atoms with Crippen LogP contribution in [0, 0.1) is 5.92 Å². The standard InChI is InChI=1S/C16H19N3O3S/c20-14-4-3-13(16(21)22)15(12-5-10-23-11-12)19(14)9-2-8-18-7-1-6-17-18/h1,5-7,10-11,13,15H,2-4,8-9H2,(H,21,22)/t13-,15-/m1/s1. The number of hydrogen-bond acceptors (Lipinski definition) is 4. The van der Waals surface area contributed by atoms with Gasteiger partial charge in [-0.1, -0.05) is 0 Å². The minimum atomic E-state index is -0.828. The summed E-state index contributed by atoms with van der Waals surface area (Å²) in [6, 6.07) is 3.42. The number of aromatic nitrogens is 2. The molecule has 2 atom stereocenters. The molecule has 0 spiro atoms. The molecule has 3 heterocycles. The van der Waals surface area contributed by atoms with Crippen molar-refractivity contribution < 1.29 is 14.7 Å². The van der Waals surface area contributed by atoms with E-state index in [1.807, 2.05) is 33.8 Å². The van der Waals surface area contributed by atoms with Crippen molar-refractivity contribution in [3.05, 3.63) is 40.8 Å². The molecule has 0 saturated carbocycles. The van der Waals surface area contributed by atoms with E-state index in [4.69, 9.17) is 0 Å². The third-order valence-corrected chi connectivity index (χ3v) is 4.96. The maximum atomic E-state index is 12.4. The fourth-order valence-corrected chi connectivity index (χ4v) is 3.86. The Morgan fingerprint density at radius 3 is 2.96 bits per heavy atom. The third-order valence-electron chi connectivity index (χ3n) is 4.25. The molecular formula is C16H19N3O3S. The van der Waals surface area contributed by atoms with Crippen LogP contribution in [0.2, 0.25) is 0 Å². The van der Waals surface area contributed by atoms with Gasteiger partial charge in [0.1, 0.15) is 0 Å². The van der Waals surface area contributed by atoms with Crippen molar-refractivity contribution in [2.45, 2.75) is 31.8 Å². The average Bonchev–Trinajstić information content (AvgIpc) is 3.21. The molecule has 2 aromatic heterocycles. The zero-order valence-electron chi connectivity index (χ0n) is 12.7. The maximum Gasteiger partial charge on any atom is 0.308 e. The molecule has 122 valence electrons. The molecule has 0 aromatic carbocycles. The number of carbonyl (C=O) groups excluding carboxylic acids is 1. The molecule has 0 radical (unpaired) electrons. The number of hydrogen-bond donors (Lipinski definition) is 1. The summed E-state index contributed by atoms with van der Waals surface area (Å²) < 4.78 is 1.82. The Morgan fingerprint density at radius 1 is 1.43 bits per heavy atom. The van der Waals surface area contributed by atoms with Crippen LogP contribution in [0.4, 0.5) is 0 Å². The van der Waals surface area contributed by atoms with Gasteiger partial charge < -0.3 is 10.0 Å². The molecule has 1 aliphatic heterocycles. The maximum absolute atomic E-state index is 12.4. The summed E-state index contributed by atoms with van der Waals surface area (Å²) in [6.07, 6.45) is 5.07. The normalized spacial score (nSPS) is 21.6. The van der Waals surface area contributed by atoms with Crippen molar-refractivity contribution >= 4 is 23.2 Å². The number of carboxylic acids is 1. The molecule has 1 aliphatic rings. The molecule has 6 nitrogen and oxygen atoms in total. The van der Waals surface area contributed by atoms with Crippen LogP contribution in [-0.2, 0) is 16.1 Å². The Hall–Kier alpha value is -2.15. The van der Waals surface area contributed by atoms with Gasteiger partial charge in [0.25, 0.3) is 0 Å². The number of rotatable bonds is 6. The summed E-state index contributed by atoms with van der Waals surface area (Å²) in [4.78, 5) is 25.7. The molecular weight excluding hydrogens is 314 g/mol. The number of aliphatic carboxylic acids is 1. The van der Waals surface area contributed by atoms with Gasteiger partial charge in [-0.2, -0.15) is 16.4 Å². The van der Waals surface area contributed by atoms with Crippen molar-refractivity contribution in [3.8, 4) is 0 Å². The SMILES string of the molecule is O=C(O)[C@@H]1CCC(=O)N(CCCn2cccn2)[C@@H]1c1ccsc1. The summed E-state index contributed by atoms with van der Waals surface area (Å²) >= 11 is 1.53. The van der Waals surface area contributed by atoms with Crippen LogP contribution in [-0.4, -0.2) is 38.2 Å². The highest BCUT2D eigenvalue weighted by Gasteiger charge is 2.40. The molecule has 2 aromatic rings. The van der Waals surface area contributed by atoms with Crippen molar-refractivity contribution in [1.29, 1.82) is 0 Å². The number of thiophene rings is 1. The second-order valence-corrected chi connectivity index (χ2v) is 6.47. The van der Waals surface area contributed by atoms with Gasteiger partial charge in [0.05, 0.1) is 12.0 Å². The van der Waals surface area contributed by atoms with Crippen LogP contribution < -0.4 is 0 Å². The van der Waals surface area contributed by atoms with Crippen LogP contribution in [0.25, 0.3) is 0 Å². The van der Waals surface area contributed by atoms with E-state index in [1.54, 1.807) is 11.1 Å². The van der Waals surface area contributed by atoms with Crippen LogP contribution in [0.3, 0.4) is 0 Å². The summed E-state index contributed by atoms with van der Waals surface area (Å²) in [5.74, 6) is -1.32. The number of carboxylic acid groups (broad SMARTS) is 1. The lowest BCUT2D eigenvalue weighted by Crippen LogP contribution is -2.45. The van der Waals surface area contributed by atoms with E-state index < -0.39 is 11.9 Å². The summed E-state index contributed by atoms with van der Waals surface area (Å²) in [6.45, 7) is 1.26. The zero-order valence-corrected chi connectivity index (χ0v) is 13.5. The summed E-state index contributed by atoms with van der Waals surface area (Å²) in [5, 5.41) is 17.6. The predicted molar refractivity (Wildman–Crippen MR) is 86.0 cm³/mol. The zero-order chi connectivity index (χ0) is 16.2. The van der Waals surface area contributed by atoms with Crippen molar-refractivity contribution in [2.75, 3.05) is 6.54 Å². The van der Waals surface area contributed by atoms with Crippen LogP contribution in [0.5, 0.6) is 0 Å². The van der Waals surface area contributed by atoms with Gasteiger partial charge in [-0.15, -0.1) is 0 Å². The molecule has 23 heavy (non-hydrogen) atoms. The minimum absolute atomic E-state index is 0.0409. The summed E-state index contributed by atoms with van der Waals surface area (Å²) in [7, 11) is 0. The first-order valence-electron chi connectivity index (χ1n) is 7.68. The van der Waals surface area contributed by atoms with Gasteiger partial charge >= 0.3 is 5.97 Å². The molecule has 7 heteroatoms. The van der Waals surface area contributed by atoms with E-state index in [0.717, 1.165) is 12.0 Å². The minimum Gasteiger partial charge on any atom is -0.481 e. The summed E-state index contributed by atoms with van der Waals surface area (Å²) in [5.41, 5.74) is 0.925. The van der Waals surface area contributed by atoms with Crippen LogP contribution in [0.1, 0.15) is 30.9 Å². The Labute approximate surface area is 138 Å². The number of piperidine rings is 1. The van der Waals surface area contributed by atoms with Crippen molar-refractivity contribution in [1.82, 2.24) is 14.7 Å². The largest absolute Gasteiger partial charge is 0.481 e. The smallest absolute Gasteiger partial charge is 0.308 e. The van der Waals surface area contributed by atoms with Gasteiger partial charge in [0.2, 0.25) is 5.91 Å². The molecule has 1 saturated heterocycles. The third kappa shape index (κ3) is 3.44. The fourth-order valence-electron chi connectivity index (χ4n) is 3.17. The first-order chi connectivity index (χ1) is 11.2. The first-order valence-corrected chi connectivity index (χ1v) is 8.63. The van der Waals surface area contributed by atoms with Gasteiger partial charge in [0, 0.05) is 31.9 Å². The Balaban J connectivity index is 1.75. The monoisotopic (exact) mass is 333 g/mol. The lowest BCUT2D eigenvalue weighted by atomic mass is 9.85. The molecule has 1 amide bonds. The average molecular weight is 333 g/mol. The van der Waals surface area contributed by atoms with Gasteiger partial charge in [0.15, 0.2) is 0 Å². The number of likely N-dealkylation sites (tertiary alicyclic amines) is 1. The predicted octanol–water partition coefficient (Wildman–Crippen LogP) is 2.40. The van der Waals surface area contributed by atoms with E-state index in [1.165, 1.54) is 11.3 Å². The molecule has 3 rings (SSSR count). The van der Waals surface area contributed by atoms with E-state index >= 15 is 0 Å². The highest BCUT2D eigenvalue weighted by Crippen LogP contribution is 2.37. The number of nitrogens with zero attached hydrogens (tertiary/aromatic N) is 3. The Kier molecular flexibility index (Phi) is 4.76. The van der Waals surface area contributed by atoms with Crippen LogP contribution >= 0.6 is 11.3 Å².